The molecular weight excluding hydrogens is 465 g/mol. The zero-order valence-corrected chi connectivity index (χ0v) is 19.4. The van der Waals surface area contributed by atoms with Crippen molar-refractivity contribution in [3.05, 3.63) is 87.4 Å². The normalized spacial score (nSPS) is 10.7. The summed E-state index contributed by atoms with van der Waals surface area (Å²) in [5.41, 5.74) is 5.19. The first-order chi connectivity index (χ1) is 15.9. The lowest BCUT2D eigenvalue weighted by atomic mass is 10.2. The fourth-order valence-corrected chi connectivity index (χ4v) is 3.03. The molecule has 0 spiro atoms. The number of nitrogens with one attached hydrogen (secondary N) is 2. The quantitative estimate of drug-likeness (QED) is 0.343. The molecule has 0 aliphatic carbocycles. The van der Waals surface area contributed by atoms with Crippen LogP contribution in [0.25, 0.3) is 0 Å². The van der Waals surface area contributed by atoms with Crippen LogP contribution in [0.5, 0.6) is 11.5 Å². The van der Waals surface area contributed by atoms with Crippen LogP contribution in [-0.4, -0.2) is 31.7 Å². The number of halogens is 2. The molecule has 33 heavy (non-hydrogen) atoms. The Bertz CT molecular complexity index is 1180. The Morgan fingerprint density at radius 3 is 2.42 bits per heavy atom. The van der Waals surface area contributed by atoms with Crippen LogP contribution >= 0.6 is 23.2 Å². The van der Waals surface area contributed by atoms with Crippen molar-refractivity contribution in [2.24, 2.45) is 5.10 Å². The Kier molecular flexibility index (Phi) is 8.29. The smallest absolute Gasteiger partial charge is 0.271 e. The third kappa shape index (κ3) is 6.97. The lowest BCUT2D eigenvalue weighted by Gasteiger charge is -2.11. The van der Waals surface area contributed by atoms with E-state index in [2.05, 4.69) is 15.8 Å². The van der Waals surface area contributed by atoms with E-state index in [0.717, 1.165) is 5.56 Å². The lowest BCUT2D eigenvalue weighted by Crippen LogP contribution is -2.20. The Hall–Kier alpha value is -3.55. The van der Waals surface area contributed by atoms with Crippen LogP contribution in [0.3, 0.4) is 0 Å². The molecule has 0 heterocycles. The summed E-state index contributed by atoms with van der Waals surface area (Å²) in [5.74, 6) is 0.0827. The summed E-state index contributed by atoms with van der Waals surface area (Å²) in [6.07, 6.45) is 1.45. The lowest BCUT2D eigenvalue weighted by molar-refractivity contribution is -0.118. The number of anilines is 1. The van der Waals surface area contributed by atoms with Gasteiger partial charge in [-0.2, -0.15) is 5.10 Å². The van der Waals surface area contributed by atoms with Crippen LogP contribution in [0.2, 0.25) is 10.0 Å². The zero-order chi connectivity index (χ0) is 23.8. The van der Waals surface area contributed by atoms with Crippen molar-refractivity contribution in [1.82, 2.24) is 5.43 Å². The summed E-state index contributed by atoms with van der Waals surface area (Å²) in [4.78, 5) is 24.3. The molecule has 0 aliphatic heterocycles. The number of carbonyl (C=O) groups is 2. The first-order valence-corrected chi connectivity index (χ1v) is 10.6. The maximum atomic E-state index is 12.2. The SMILES string of the molecule is COc1cc(/C=N/NC(=O)c2ccc(Cl)c(Cl)c2)ccc1OCC(=O)Nc1ccc(C)cc1. The minimum atomic E-state index is -0.434. The summed E-state index contributed by atoms with van der Waals surface area (Å²) in [6, 6.07) is 17.0. The summed E-state index contributed by atoms with van der Waals surface area (Å²) in [6.45, 7) is 1.79. The van der Waals surface area contributed by atoms with Crippen LogP contribution in [0.1, 0.15) is 21.5 Å². The fourth-order valence-electron chi connectivity index (χ4n) is 2.73. The Morgan fingerprint density at radius 1 is 0.970 bits per heavy atom. The van der Waals surface area contributed by atoms with Crippen LogP contribution in [0.15, 0.2) is 65.8 Å². The number of methoxy groups -OCH3 is 1. The molecule has 170 valence electrons. The molecule has 2 N–H and O–H groups in total. The van der Waals surface area contributed by atoms with Gasteiger partial charge in [0.15, 0.2) is 18.1 Å². The van der Waals surface area contributed by atoms with E-state index in [4.69, 9.17) is 32.7 Å². The molecule has 0 fully saturated rings. The number of ether oxygens (including phenoxy) is 2. The van der Waals surface area contributed by atoms with Gasteiger partial charge in [0, 0.05) is 11.3 Å². The summed E-state index contributed by atoms with van der Waals surface area (Å²) in [5, 5.41) is 7.35. The van der Waals surface area contributed by atoms with E-state index < -0.39 is 5.91 Å². The second kappa shape index (κ2) is 11.4. The zero-order valence-electron chi connectivity index (χ0n) is 17.9. The number of carbonyl (C=O) groups excluding carboxylic acids is 2. The number of nitrogens with zero attached hydrogens (tertiary/aromatic N) is 1. The van der Waals surface area contributed by atoms with Crippen LogP contribution < -0.4 is 20.2 Å². The molecule has 9 heteroatoms. The molecular formula is C24H21Cl2N3O4. The maximum Gasteiger partial charge on any atom is 0.271 e. The van der Waals surface area contributed by atoms with Gasteiger partial charge >= 0.3 is 0 Å². The summed E-state index contributed by atoms with van der Waals surface area (Å²) < 4.78 is 10.9. The maximum absolute atomic E-state index is 12.2. The van der Waals surface area contributed by atoms with E-state index in [-0.39, 0.29) is 17.5 Å². The predicted octanol–water partition coefficient (Wildman–Crippen LogP) is 5.09. The van der Waals surface area contributed by atoms with Crippen LogP contribution in [0, 0.1) is 6.92 Å². The van der Waals surface area contributed by atoms with Gasteiger partial charge in [0.2, 0.25) is 0 Å². The Balaban J connectivity index is 1.57. The highest BCUT2D eigenvalue weighted by Crippen LogP contribution is 2.27. The van der Waals surface area contributed by atoms with Crippen molar-refractivity contribution in [3.63, 3.8) is 0 Å². The molecule has 3 aromatic carbocycles. The minimum Gasteiger partial charge on any atom is -0.493 e. The number of aryl methyl sites for hydroxylation is 1. The van der Waals surface area contributed by atoms with Gasteiger partial charge in [-0.3, -0.25) is 9.59 Å². The van der Waals surface area contributed by atoms with Gasteiger partial charge in [0.05, 0.1) is 23.4 Å². The van der Waals surface area contributed by atoms with Gasteiger partial charge in [0.1, 0.15) is 0 Å². The molecule has 0 aromatic heterocycles. The highest BCUT2D eigenvalue weighted by atomic mass is 35.5. The molecule has 0 saturated carbocycles. The number of benzene rings is 3. The average Bonchev–Trinajstić information content (AvgIpc) is 2.81. The van der Waals surface area contributed by atoms with Gasteiger partial charge in [-0.1, -0.05) is 40.9 Å². The number of hydrogen-bond donors (Lipinski definition) is 2. The highest BCUT2D eigenvalue weighted by molar-refractivity contribution is 6.42. The molecule has 7 nitrogen and oxygen atoms in total. The van der Waals surface area contributed by atoms with E-state index in [0.29, 0.717) is 33.3 Å². The van der Waals surface area contributed by atoms with E-state index in [1.165, 1.54) is 25.5 Å². The first-order valence-electron chi connectivity index (χ1n) is 9.81. The summed E-state index contributed by atoms with van der Waals surface area (Å²) in [7, 11) is 1.49. The standard InChI is InChI=1S/C24H21Cl2N3O4/c1-15-3-7-18(8-4-15)28-23(30)14-33-21-10-5-16(11-22(21)32-2)13-27-29-24(31)17-6-9-19(25)20(26)12-17/h3-13H,14H2,1-2H3,(H,28,30)(H,29,31)/b27-13+. The van der Waals surface area contributed by atoms with Crippen molar-refractivity contribution in [2.75, 3.05) is 19.0 Å². The fraction of sp³-hybridized carbons (Fsp3) is 0.125. The topological polar surface area (TPSA) is 89.0 Å². The largest absolute Gasteiger partial charge is 0.493 e. The molecule has 0 saturated heterocycles. The predicted molar refractivity (Wildman–Crippen MR) is 130 cm³/mol. The van der Waals surface area contributed by atoms with Crippen LogP contribution in [-0.2, 0) is 4.79 Å². The second-order valence-electron chi connectivity index (χ2n) is 6.94. The summed E-state index contributed by atoms with van der Waals surface area (Å²) >= 11 is 11.8. The van der Waals surface area contributed by atoms with E-state index in [1.807, 2.05) is 31.2 Å². The van der Waals surface area contributed by atoms with Crippen molar-refractivity contribution < 1.29 is 19.1 Å². The van der Waals surface area contributed by atoms with Crippen molar-refractivity contribution in [1.29, 1.82) is 0 Å². The molecule has 0 bridgehead atoms. The van der Waals surface area contributed by atoms with E-state index in [9.17, 15) is 9.59 Å². The van der Waals surface area contributed by atoms with Crippen molar-refractivity contribution >= 4 is 46.9 Å². The van der Waals surface area contributed by atoms with Gasteiger partial charge in [-0.05, 0) is 61.0 Å². The highest BCUT2D eigenvalue weighted by Gasteiger charge is 2.10. The van der Waals surface area contributed by atoms with Gasteiger partial charge in [-0.25, -0.2) is 5.43 Å². The molecule has 3 aromatic rings. The number of hydrazone groups is 1. The molecule has 0 atom stereocenters. The Labute approximate surface area is 201 Å². The second-order valence-corrected chi connectivity index (χ2v) is 7.76. The number of amides is 2. The third-order valence-corrected chi connectivity index (χ3v) is 5.18. The van der Waals surface area contributed by atoms with E-state index >= 15 is 0 Å². The molecule has 0 aliphatic rings. The third-order valence-electron chi connectivity index (χ3n) is 4.44. The Morgan fingerprint density at radius 2 is 1.73 bits per heavy atom. The molecule has 0 unspecified atom stereocenters. The van der Waals surface area contributed by atoms with Gasteiger partial charge in [-0.15, -0.1) is 0 Å². The minimum absolute atomic E-state index is 0.183. The van der Waals surface area contributed by atoms with Crippen molar-refractivity contribution in [3.8, 4) is 11.5 Å². The van der Waals surface area contributed by atoms with Crippen molar-refractivity contribution in [2.45, 2.75) is 6.92 Å². The molecule has 3 rings (SSSR count). The molecule has 2 amide bonds. The monoisotopic (exact) mass is 485 g/mol. The van der Waals surface area contributed by atoms with Crippen LogP contribution in [0.4, 0.5) is 5.69 Å². The van der Waals surface area contributed by atoms with Gasteiger partial charge in [0.25, 0.3) is 11.8 Å². The molecule has 0 radical (unpaired) electrons. The number of rotatable bonds is 8. The van der Waals surface area contributed by atoms with Gasteiger partial charge < -0.3 is 14.8 Å². The van der Waals surface area contributed by atoms with E-state index in [1.54, 1.807) is 24.3 Å². The first kappa shape index (κ1) is 24.1. The average molecular weight is 486 g/mol. The number of hydrogen-bond acceptors (Lipinski definition) is 5.